The van der Waals surface area contributed by atoms with E-state index in [4.69, 9.17) is 9.47 Å². The van der Waals surface area contributed by atoms with Crippen molar-refractivity contribution in [2.24, 2.45) is 5.92 Å². The summed E-state index contributed by atoms with van der Waals surface area (Å²) in [7, 11) is -3.54. The van der Waals surface area contributed by atoms with Crippen molar-refractivity contribution >= 4 is 10.0 Å². The molecule has 1 fully saturated rings. The van der Waals surface area contributed by atoms with Gasteiger partial charge in [-0.05, 0) is 73.6 Å². The van der Waals surface area contributed by atoms with Crippen LogP contribution in [0.25, 0.3) is 0 Å². The molecule has 0 aromatic heterocycles. The van der Waals surface area contributed by atoms with Crippen molar-refractivity contribution in [3.63, 3.8) is 0 Å². The SMILES string of the molecule is O=S(=O)(c1ccc(F)cc1)N1CCC(CCc2ccc3c(c2)OCO3)CC1. The van der Waals surface area contributed by atoms with E-state index in [1.807, 2.05) is 12.1 Å². The number of ether oxygens (including phenoxy) is 2. The van der Waals surface area contributed by atoms with E-state index in [0.717, 1.165) is 37.2 Å². The van der Waals surface area contributed by atoms with Gasteiger partial charge in [0.25, 0.3) is 0 Å². The van der Waals surface area contributed by atoms with Crippen LogP contribution >= 0.6 is 0 Å². The number of rotatable bonds is 5. The lowest BCUT2D eigenvalue weighted by atomic mass is 9.91. The molecule has 7 heteroatoms. The first-order chi connectivity index (χ1) is 13.0. The number of fused-ring (bicyclic) bond motifs is 1. The van der Waals surface area contributed by atoms with Gasteiger partial charge in [0.15, 0.2) is 11.5 Å². The molecule has 2 aliphatic heterocycles. The van der Waals surface area contributed by atoms with Crippen LogP contribution in [0.2, 0.25) is 0 Å². The van der Waals surface area contributed by atoms with E-state index in [1.165, 1.54) is 34.1 Å². The highest BCUT2D eigenvalue weighted by molar-refractivity contribution is 7.89. The van der Waals surface area contributed by atoms with Gasteiger partial charge < -0.3 is 9.47 Å². The molecule has 2 aliphatic rings. The molecule has 0 bridgehead atoms. The third-order valence-electron chi connectivity index (χ3n) is 5.30. The quantitative estimate of drug-likeness (QED) is 0.782. The van der Waals surface area contributed by atoms with Gasteiger partial charge in [-0.2, -0.15) is 4.31 Å². The Bertz CT molecular complexity index is 906. The summed E-state index contributed by atoms with van der Waals surface area (Å²) in [4.78, 5) is 0.155. The Morgan fingerprint density at radius 3 is 2.44 bits per heavy atom. The van der Waals surface area contributed by atoms with E-state index in [0.29, 0.717) is 19.0 Å². The highest BCUT2D eigenvalue weighted by atomic mass is 32.2. The average molecular weight is 391 g/mol. The second-order valence-electron chi connectivity index (χ2n) is 7.03. The Morgan fingerprint density at radius 2 is 1.70 bits per heavy atom. The van der Waals surface area contributed by atoms with Gasteiger partial charge in [-0.1, -0.05) is 6.07 Å². The summed E-state index contributed by atoms with van der Waals surface area (Å²) in [5.74, 6) is 1.65. The topological polar surface area (TPSA) is 55.8 Å². The summed E-state index contributed by atoms with van der Waals surface area (Å²) < 4.78 is 50.6. The molecule has 27 heavy (non-hydrogen) atoms. The number of hydrogen-bond donors (Lipinski definition) is 0. The molecule has 2 heterocycles. The van der Waals surface area contributed by atoms with Crippen LogP contribution in [0, 0.1) is 11.7 Å². The maximum absolute atomic E-state index is 13.0. The first kappa shape index (κ1) is 18.3. The predicted octanol–water partition coefficient (Wildman–Crippen LogP) is 3.59. The lowest BCUT2D eigenvalue weighted by Crippen LogP contribution is -2.38. The molecule has 0 amide bonds. The van der Waals surface area contributed by atoms with E-state index in [-0.39, 0.29) is 11.7 Å². The maximum Gasteiger partial charge on any atom is 0.243 e. The molecule has 0 unspecified atom stereocenters. The minimum absolute atomic E-state index is 0.155. The molecule has 0 atom stereocenters. The fourth-order valence-electron chi connectivity index (χ4n) is 3.66. The van der Waals surface area contributed by atoms with E-state index in [9.17, 15) is 12.8 Å². The number of aryl methyl sites for hydroxylation is 1. The molecule has 4 rings (SSSR count). The third-order valence-corrected chi connectivity index (χ3v) is 7.22. The van der Waals surface area contributed by atoms with Crippen molar-refractivity contribution in [3.8, 4) is 11.5 Å². The normalized spacial score (nSPS) is 18.0. The van der Waals surface area contributed by atoms with Gasteiger partial charge in [0.1, 0.15) is 5.82 Å². The first-order valence-corrected chi connectivity index (χ1v) is 10.6. The molecule has 1 saturated heterocycles. The van der Waals surface area contributed by atoms with Crippen molar-refractivity contribution in [2.45, 2.75) is 30.6 Å². The Labute approximate surface area is 158 Å². The summed E-state index contributed by atoms with van der Waals surface area (Å²) >= 11 is 0. The highest BCUT2D eigenvalue weighted by Gasteiger charge is 2.29. The van der Waals surface area contributed by atoms with Gasteiger partial charge >= 0.3 is 0 Å². The van der Waals surface area contributed by atoms with E-state index in [1.54, 1.807) is 0 Å². The predicted molar refractivity (Wildman–Crippen MR) is 98.8 cm³/mol. The molecule has 2 aromatic carbocycles. The minimum atomic E-state index is -3.54. The summed E-state index contributed by atoms with van der Waals surface area (Å²) in [6.07, 6.45) is 3.63. The Kier molecular flexibility index (Phi) is 5.06. The fourth-order valence-corrected chi connectivity index (χ4v) is 5.13. The van der Waals surface area contributed by atoms with E-state index < -0.39 is 15.8 Å². The van der Waals surface area contributed by atoms with E-state index >= 15 is 0 Å². The average Bonchev–Trinajstić information content (AvgIpc) is 3.15. The summed E-state index contributed by atoms with van der Waals surface area (Å²) in [5, 5.41) is 0. The molecule has 0 radical (unpaired) electrons. The first-order valence-electron chi connectivity index (χ1n) is 9.16. The largest absolute Gasteiger partial charge is 0.454 e. The zero-order chi connectivity index (χ0) is 18.9. The Morgan fingerprint density at radius 1 is 1.00 bits per heavy atom. The second kappa shape index (κ2) is 7.48. The molecule has 5 nitrogen and oxygen atoms in total. The van der Waals surface area contributed by atoms with Crippen LogP contribution in [0.15, 0.2) is 47.4 Å². The molecule has 0 N–H and O–H groups in total. The maximum atomic E-state index is 13.0. The number of sulfonamides is 1. The molecular formula is C20H22FNO4S. The minimum Gasteiger partial charge on any atom is -0.454 e. The van der Waals surface area contributed by atoms with Crippen LogP contribution in [-0.2, 0) is 16.4 Å². The van der Waals surface area contributed by atoms with Crippen LogP contribution in [0.5, 0.6) is 11.5 Å². The van der Waals surface area contributed by atoms with E-state index in [2.05, 4.69) is 6.07 Å². The van der Waals surface area contributed by atoms with Crippen LogP contribution < -0.4 is 9.47 Å². The van der Waals surface area contributed by atoms with Gasteiger partial charge in [-0.15, -0.1) is 0 Å². The van der Waals surface area contributed by atoms with Gasteiger partial charge in [0.05, 0.1) is 4.90 Å². The van der Waals surface area contributed by atoms with Gasteiger partial charge in [0, 0.05) is 13.1 Å². The lowest BCUT2D eigenvalue weighted by Gasteiger charge is -2.31. The summed E-state index contributed by atoms with van der Waals surface area (Å²) in [6.45, 7) is 1.29. The Balaban J connectivity index is 1.31. The van der Waals surface area contributed by atoms with Gasteiger partial charge in [-0.25, -0.2) is 12.8 Å². The number of hydrogen-bond acceptors (Lipinski definition) is 4. The monoisotopic (exact) mass is 391 g/mol. The second-order valence-corrected chi connectivity index (χ2v) is 8.97. The number of halogens is 1. The van der Waals surface area contributed by atoms with Crippen LogP contribution in [0.3, 0.4) is 0 Å². The summed E-state index contributed by atoms with van der Waals surface area (Å²) in [5.41, 5.74) is 1.21. The molecular weight excluding hydrogens is 369 g/mol. The van der Waals surface area contributed by atoms with Crippen molar-refractivity contribution in [3.05, 3.63) is 53.8 Å². The molecule has 144 valence electrons. The van der Waals surface area contributed by atoms with Crippen LogP contribution in [0.1, 0.15) is 24.8 Å². The van der Waals surface area contributed by atoms with Gasteiger partial charge in [-0.3, -0.25) is 0 Å². The standard InChI is InChI=1S/C20H22FNO4S/c21-17-4-6-18(7-5-17)27(23,24)22-11-9-15(10-12-22)1-2-16-3-8-19-20(13-16)26-14-25-19/h3-8,13,15H,1-2,9-12,14H2. The fraction of sp³-hybridized carbons (Fsp3) is 0.400. The zero-order valence-electron chi connectivity index (χ0n) is 14.9. The van der Waals surface area contributed by atoms with Crippen molar-refractivity contribution in [1.82, 2.24) is 4.31 Å². The molecule has 0 saturated carbocycles. The third kappa shape index (κ3) is 3.94. The number of benzene rings is 2. The lowest BCUT2D eigenvalue weighted by molar-refractivity contribution is 0.174. The molecule has 0 spiro atoms. The number of piperidine rings is 1. The van der Waals surface area contributed by atoms with Gasteiger partial charge in [0.2, 0.25) is 16.8 Å². The van der Waals surface area contributed by atoms with Crippen molar-refractivity contribution in [2.75, 3.05) is 19.9 Å². The Hall–Kier alpha value is -2.12. The highest BCUT2D eigenvalue weighted by Crippen LogP contribution is 2.33. The number of nitrogens with zero attached hydrogens (tertiary/aromatic N) is 1. The molecule has 2 aromatic rings. The zero-order valence-corrected chi connectivity index (χ0v) is 15.8. The van der Waals surface area contributed by atoms with Crippen LogP contribution in [0.4, 0.5) is 4.39 Å². The van der Waals surface area contributed by atoms with Crippen molar-refractivity contribution in [1.29, 1.82) is 0 Å². The summed E-state index contributed by atoms with van der Waals surface area (Å²) in [6, 6.07) is 11.1. The van der Waals surface area contributed by atoms with Crippen LogP contribution in [-0.4, -0.2) is 32.6 Å². The molecule has 0 aliphatic carbocycles. The van der Waals surface area contributed by atoms with Crippen molar-refractivity contribution < 1.29 is 22.3 Å². The smallest absolute Gasteiger partial charge is 0.243 e.